The van der Waals surface area contributed by atoms with Gasteiger partial charge in [0.15, 0.2) is 5.43 Å². The highest BCUT2D eigenvalue weighted by Gasteiger charge is 2.30. The summed E-state index contributed by atoms with van der Waals surface area (Å²) in [7, 11) is 0. The van der Waals surface area contributed by atoms with Gasteiger partial charge in [0, 0.05) is 31.0 Å². The van der Waals surface area contributed by atoms with Crippen molar-refractivity contribution in [1.82, 2.24) is 15.2 Å². The van der Waals surface area contributed by atoms with Crippen molar-refractivity contribution < 1.29 is 9.59 Å². The molecule has 6 nitrogen and oxygen atoms in total. The number of hydrogen-bond acceptors (Lipinski definition) is 3. The van der Waals surface area contributed by atoms with Crippen molar-refractivity contribution in [2.75, 3.05) is 13.1 Å². The maximum absolute atomic E-state index is 12.2. The van der Waals surface area contributed by atoms with Crippen molar-refractivity contribution in [3.63, 3.8) is 0 Å². The highest BCUT2D eigenvalue weighted by atomic mass is 16.2. The van der Waals surface area contributed by atoms with Crippen LogP contribution in [0.3, 0.4) is 0 Å². The molecular formula is C12H15N3O3. The quantitative estimate of drug-likeness (QED) is 0.713. The molecule has 96 valence electrons. The number of carbonyl (C=O) groups excluding carboxylic acids is 2. The fourth-order valence-corrected chi connectivity index (χ4v) is 1.95. The third-order valence-electron chi connectivity index (χ3n) is 3.05. The van der Waals surface area contributed by atoms with Gasteiger partial charge in [0.1, 0.15) is 11.6 Å². The lowest BCUT2D eigenvalue weighted by Crippen LogP contribution is -2.56. The SMILES string of the molecule is Cc1cc(=O)c(C(=O)N2CCNC(=O)C2C)c[nH]1. The van der Waals surface area contributed by atoms with Crippen LogP contribution in [0.15, 0.2) is 17.1 Å². The van der Waals surface area contributed by atoms with E-state index in [4.69, 9.17) is 0 Å². The zero-order valence-corrected chi connectivity index (χ0v) is 10.3. The van der Waals surface area contributed by atoms with Crippen molar-refractivity contribution in [2.24, 2.45) is 0 Å². The second kappa shape index (κ2) is 4.64. The minimum atomic E-state index is -0.549. The maximum Gasteiger partial charge on any atom is 0.260 e. The van der Waals surface area contributed by atoms with E-state index in [0.717, 1.165) is 0 Å². The second-order valence-electron chi connectivity index (χ2n) is 4.36. The van der Waals surface area contributed by atoms with Crippen LogP contribution in [0.5, 0.6) is 0 Å². The van der Waals surface area contributed by atoms with E-state index in [9.17, 15) is 14.4 Å². The van der Waals surface area contributed by atoms with Gasteiger partial charge in [0.05, 0.1) is 0 Å². The first-order chi connectivity index (χ1) is 8.50. The lowest BCUT2D eigenvalue weighted by Gasteiger charge is -2.32. The smallest absolute Gasteiger partial charge is 0.260 e. The molecule has 0 radical (unpaired) electrons. The number of H-pyrrole nitrogens is 1. The van der Waals surface area contributed by atoms with E-state index in [1.54, 1.807) is 13.8 Å². The Hall–Kier alpha value is -2.11. The maximum atomic E-state index is 12.2. The Kier molecular flexibility index (Phi) is 3.18. The summed E-state index contributed by atoms with van der Waals surface area (Å²) < 4.78 is 0. The van der Waals surface area contributed by atoms with Crippen molar-refractivity contribution in [2.45, 2.75) is 19.9 Å². The molecule has 0 spiro atoms. The third kappa shape index (κ3) is 2.13. The van der Waals surface area contributed by atoms with Gasteiger partial charge in [-0.2, -0.15) is 0 Å². The van der Waals surface area contributed by atoms with E-state index in [2.05, 4.69) is 10.3 Å². The summed E-state index contributed by atoms with van der Waals surface area (Å²) in [6.45, 7) is 4.22. The number of aromatic nitrogens is 1. The van der Waals surface area contributed by atoms with E-state index >= 15 is 0 Å². The summed E-state index contributed by atoms with van der Waals surface area (Å²) in [5, 5.41) is 2.67. The molecule has 1 aromatic heterocycles. The Labute approximate surface area is 104 Å². The fraction of sp³-hybridized carbons (Fsp3) is 0.417. The van der Waals surface area contributed by atoms with Gasteiger partial charge in [0.25, 0.3) is 5.91 Å². The van der Waals surface area contributed by atoms with E-state index in [0.29, 0.717) is 18.8 Å². The Balaban J connectivity index is 2.31. The number of aryl methyl sites for hydroxylation is 1. The Morgan fingerprint density at radius 2 is 2.17 bits per heavy atom. The number of nitrogens with one attached hydrogen (secondary N) is 2. The normalized spacial score (nSPS) is 19.6. The molecule has 2 heterocycles. The van der Waals surface area contributed by atoms with Crippen LogP contribution in [0.1, 0.15) is 23.0 Å². The molecule has 6 heteroatoms. The summed E-state index contributed by atoms with van der Waals surface area (Å²) in [5.74, 6) is -0.600. The largest absolute Gasteiger partial charge is 0.364 e. The molecule has 0 aromatic carbocycles. The molecule has 1 aromatic rings. The lowest BCUT2D eigenvalue weighted by molar-refractivity contribution is -0.127. The topological polar surface area (TPSA) is 82.3 Å². The monoisotopic (exact) mass is 249 g/mol. The molecule has 18 heavy (non-hydrogen) atoms. The number of aromatic amines is 1. The van der Waals surface area contributed by atoms with Crippen molar-refractivity contribution >= 4 is 11.8 Å². The molecule has 1 aliphatic heterocycles. The first-order valence-corrected chi connectivity index (χ1v) is 5.78. The van der Waals surface area contributed by atoms with Crippen LogP contribution in [-0.2, 0) is 4.79 Å². The van der Waals surface area contributed by atoms with Gasteiger partial charge in [0.2, 0.25) is 5.91 Å². The van der Waals surface area contributed by atoms with E-state index in [1.807, 2.05) is 0 Å². The molecule has 1 aliphatic rings. The van der Waals surface area contributed by atoms with Crippen LogP contribution in [-0.4, -0.2) is 40.8 Å². The third-order valence-corrected chi connectivity index (χ3v) is 3.05. The Morgan fingerprint density at radius 1 is 1.44 bits per heavy atom. The summed E-state index contributed by atoms with van der Waals surface area (Å²) in [5.41, 5.74) is 0.442. The average molecular weight is 249 g/mol. The van der Waals surface area contributed by atoms with Gasteiger partial charge < -0.3 is 15.2 Å². The number of nitrogens with zero attached hydrogens (tertiary/aromatic N) is 1. The average Bonchev–Trinajstić information content (AvgIpc) is 2.32. The summed E-state index contributed by atoms with van der Waals surface area (Å²) in [4.78, 5) is 39.7. The van der Waals surface area contributed by atoms with Gasteiger partial charge in [-0.15, -0.1) is 0 Å². The first-order valence-electron chi connectivity index (χ1n) is 5.78. The van der Waals surface area contributed by atoms with Gasteiger partial charge in [-0.05, 0) is 13.8 Å². The second-order valence-corrected chi connectivity index (χ2v) is 4.36. The summed E-state index contributed by atoms with van der Waals surface area (Å²) in [6, 6.07) is 0.828. The number of amides is 2. The first kappa shape index (κ1) is 12.3. The van der Waals surface area contributed by atoms with Crippen LogP contribution < -0.4 is 10.7 Å². The van der Waals surface area contributed by atoms with Crippen LogP contribution >= 0.6 is 0 Å². The van der Waals surface area contributed by atoms with Gasteiger partial charge in [-0.1, -0.05) is 0 Å². The van der Waals surface area contributed by atoms with Crippen molar-refractivity contribution in [3.05, 3.63) is 33.7 Å². The predicted molar refractivity (Wildman–Crippen MR) is 65.3 cm³/mol. The van der Waals surface area contributed by atoms with Gasteiger partial charge in [-0.3, -0.25) is 14.4 Å². The number of pyridine rings is 1. The Morgan fingerprint density at radius 3 is 2.83 bits per heavy atom. The molecule has 1 saturated heterocycles. The molecule has 0 aliphatic carbocycles. The van der Waals surface area contributed by atoms with E-state index < -0.39 is 11.9 Å². The molecule has 2 amide bonds. The predicted octanol–water partition coefficient (Wildman–Crippen LogP) is -0.356. The van der Waals surface area contributed by atoms with E-state index in [1.165, 1.54) is 17.2 Å². The molecule has 1 unspecified atom stereocenters. The number of rotatable bonds is 1. The molecular weight excluding hydrogens is 234 g/mol. The molecule has 1 atom stereocenters. The molecule has 0 bridgehead atoms. The van der Waals surface area contributed by atoms with Crippen LogP contribution in [0.2, 0.25) is 0 Å². The minimum Gasteiger partial charge on any atom is -0.364 e. The molecule has 1 fully saturated rings. The van der Waals surface area contributed by atoms with Crippen molar-refractivity contribution in [1.29, 1.82) is 0 Å². The van der Waals surface area contributed by atoms with Crippen LogP contribution in [0, 0.1) is 6.92 Å². The number of hydrogen-bond donors (Lipinski definition) is 2. The van der Waals surface area contributed by atoms with E-state index in [-0.39, 0.29) is 16.9 Å². The zero-order chi connectivity index (χ0) is 13.3. The number of carbonyl (C=O) groups is 2. The number of piperazine rings is 1. The Bertz CT molecular complexity index is 550. The summed E-state index contributed by atoms with van der Waals surface area (Å²) in [6.07, 6.45) is 1.40. The molecule has 2 rings (SSSR count). The van der Waals surface area contributed by atoms with Crippen LogP contribution in [0.25, 0.3) is 0 Å². The zero-order valence-electron chi connectivity index (χ0n) is 10.3. The lowest BCUT2D eigenvalue weighted by atomic mass is 10.1. The standard InChI is InChI=1S/C12H15N3O3/c1-7-5-10(16)9(6-14-7)12(18)15-4-3-13-11(17)8(15)2/h5-6,8H,3-4H2,1-2H3,(H,13,17)(H,14,16). The highest BCUT2D eigenvalue weighted by molar-refractivity contribution is 5.97. The fourth-order valence-electron chi connectivity index (χ4n) is 1.95. The van der Waals surface area contributed by atoms with Gasteiger partial charge in [-0.25, -0.2) is 0 Å². The minimum absolute atomic E-state index is 0.0714. The van der Waals surface area contributed by atoms with Crippen LogP contribution in [0.4, 0.5) is 0 Å². The van der Waals surface area contributed by atoms with Crippen molar-refractivity contribution in [3.8, 4) is 0 Å². The molecule has 0 saturated carbocycles. The van der Waals surface area contributed by atoms with Gasteiger partial charge >= 0.3 is 0 Å². The highest BCUT2D eigenvalue weighted by Crippen LogP contribution is 2.08. The summed E-state index contributed by atoms with van der Waals surface area (Å²) >= 11 is 0. The molecule has 2 N–H and O–H groups in total.